The third-order valence-corrected chi connectivity index (χ3v) is 3.48. The molecule has 0 bridgehead atoms. The van der Waals surface area contributed by atoms with Gasteiger partial charge in [-0.05, 0) is 37.1 Å². The molecule has 1 saturated heterocycles. The van der Waals surface area contributed by atoms with Gasteiger partial charge in [0.15, 0.2) is 0 Å². The number of halogens is 3. The maximum atomic E-state index is 12.1. The molecule has 0 saturated carbocycles. The predicted molar refractivity (Wildman–Crippen MR) is 75.5 cm³/mol. The summed E-state index contributed by atoms with van der Waals surface area (Å²) in [7, 11) is 0. The molecule has 122 valence electrons. The summed E-state index contributed by atoms with van der Waals surface area (Å²) in [6.45, 7) is 3.18. The van der Waals surface area contributed by atoms with E-state index in [4.69, 9.17) is 0 Å². The summed E-state index contributed by atoms with van der Waals surface area (Å²) in [6, 6.07) is 5.64. The van der Waals surface area contributed by atoms with Gasteiger partial charge in [-0.2, -0.15) is 0 Å². The number of hydrogen-bond acceptors (Lipinski definition) is 3. The Hall–Kier alpha value is -1.76. The average Bonchev–Trinajstić information content (AvgIpc) is 2.74. The quantitative estimate of drug-likeness (QED) is 0.927. The van der Waals surface area contributed by atoms with Crippen molar-refractivity contribution in [3.05, 3.63) is 29.8 Å². The normalized spacial score (nSPS) is 16.2. The predicted octanol–water partition coefficient (Wildman–Crippen LogP) is 2.34. The third kappa shape index (κ3) is 5.55. The van der Waals surface area contributed by atoms with Gasteiger partial charge in [-0.3, -0.25) is 4.79 Å². The molecule has 1 N–H and O–H groups in total. The zero-order chi connectivity index (χ0) is 16.0. The summed E-state index contributed by atoms with van der Waals surface area (Å²) in [5, 5.41) is 3.23. The van der Waals surface area contributed by atoms with Crippen molar-refractivity contribution >= 4 is 5.91 Å². The second-order valence-electron chi connectivity index (χ2n) is 5.18. The molecule has 0 spiro atoms. The first-order valence-corrected chi connectivity index (χ1v) is 7.27. The zero-order valence-corrected chi connectivity index (χ0v) is 12.2. The van der Waals surface area contributed by atoms with E-state index >= 15 is 0 Å². The van der Waals surface area contributed by atoms with Gasteiger partial charge in [-0.15, -0.1) is 13.2 Å². The number of carbonyl (C=O) groups excluding carboxylic acids is 1. The van der Waals surface area contributed by atoms with Gasteiger partial charge >= 0.3 is 6.36 Å². The second-order valence-corrected chi connectivity index (χ2v) is 5.18. The molecule has 4 nitrogen and oxygen atoms in total. The van der Waals surface area contributed by atoms with Gasteiger partial charge in [-0.1, -0.05) is 12.1 Å². The van der Waals surface area contributed by atoms with Crippen LogP contribution in [-0.2, 0) is 11.2 Å². The van der Waals surface area contributed by atoms with Crippen molar-refractivity contribution in [1.29, 1.82) is 0 Å². The van der Waals surface area contributed by atoms with E-state index in [9.17, 15) is 18.0 Å². The van der Waals surface area contributed by atoms with Crippen LogP contribution in [0.4, 0.5) is 13.2 Å². The minimum Gasteiger partial charge on any atom is -0.406 e. The molecule has 1 heterocycles. The van der Waals surface area contributed by atoms with Crippen molar-refractivity contribution in [2.24, 2.45) is 0 Å². The molecule has 0 aliphatic carbocycles. The Kier molecular flexibility index (Phi) is 5.65. The third-order valence-electron chi connectivity index (χ3n) is 3.48. The lowest BCUT2D eigenvalue weighted by atomic mass is 10.1. The molecule has 0 radical (unpaired) electrons. The van der Waals surface area contributed by atoms with Crippen LogP contribution in [0.3, 0.4) is 0 Å². The monoisotopic (exact) mass is 316 g/mol. The Morgan fingerprint density at radius 2 is 1.91 bits per heavy atom. The molecule has 1 fully saturated rings. The number of amides is 1. The smallest absolute Gasteiger partial charge is 0.406 e. The van der Waals surface area contributed by atoms with Gasteiger partial charge < -0.3 is 15.0 Å². The molecule has 22 heavy (non-hydrogen) atoms. The summed E-state index contributed by atoms with van der Waals surface area (Å²) in [5.41, 5.74) is 0.816. The van der Waals surface area contributed by atoms with Crippen LogP contribution in [0.1, 0.15) is 18.4 Å². The van der Waals surface area contributed by atoms with Crippen LogP contribution in [0.2, 0.25) is 0 Å². The number of ether oxygens (including phenoxy) is 1. The molecule has 1 aliphatic heterocycles. The number of nitrogens with zero attached hydrogens (tertiary/aromatic N) is 1. The summed E-state index contributed by atoms with van der Waals surface area (Å²) >= 11 is 0. The fraction of sp³-hybridized carbons (Fsp3) is 0.533. The zero-order valence-electron chi connectivity index (χ0n) is 12.2. The molecular formula is C15H19F3N2O2. The van der Waals surface area contributed by atoms with Gasteiger partial charge in [0.1, 0.15) is 5.75 Å². The lowest BCUT2D eigenvalue weighted by molar-refractivity contribution is -0.274. The maximum absolute atomic E-state index is 12.1. The van der Waals surface area contributed by atoms with Crippen molar-refractivity contribution < 1.29 is 22.7 Å². The maximum Gasteiger partial charge on any atom is 0.573 e. The molecule has 0 unspecified atom stereocenters. The highest BCUT2D eigenvalue weighted by molar-refractivity contribution is 5.76. The molecule has 1 aromatic rings. The largest absolute Gasteiger partial charge is 0.573 e. The Balaban J connectivity index is 1.82. The second kappa shape index (κ2) is 7.49. The average molecular weight is 316 g/mol. The minimum absolute atomic E-state index is 0.0827. The van der Waals surface area contributed by atoms with E-state index in [1.807, 2.05) is 4.90 Å². The minimum atomic E-state index is -4.68. The standard InChI is InChI=1S/C15H19F3N2O2/c16-15(17,18)22-13-5-2-12(3-6-13)4-7-14(21)20-10-1-8-19-9-11-20/h2-3,5-6,19H,1,4,7-11H2. The number of aryl methyl sites for hydroxylation is 1. The van der Waals surface area contributed by atoms with Crippen molar-refractivity contribution in [3.8, 4) is 5.75 Å². The molecule has 0 atom stereocenters. The van der Waals surface area contributed by atoms with E-state index in [0.29, 0.717) is 19.4 Å². The lowest BCUT2D eigenvalue weighted by Crippen LogP contribution is -2.34. The van der Waals surface area contributed by atoms with E-state index in [-0.39, 0.29) is 11.7 Å². The van der Waals surface area contributed by atoms with E-state index < -0.39 is 6.36 Å². The summed E-state index contributed by atoms with van der Waals surface area (Å²) in [6.07, 6.45) is -2.87. The molecular weight excluding hydrogens is 297 g/mol. The van der Waals surface area contributed by atoms with Crippen molar-refractivity contribution in [2.75, 3.05) is 26.2 Å². The van der Waals surface area contributed by atoms with Gasteiger partial charge in [-0.25, -0.2) is 0 Å². The van der Waals surface area contributed by atoms with Crippen molar-refractivity contribution in [2.45, 2.75) is 25.6 Å². The molecule has 7 heteroatoms. The molecule has 1 amide bonds. The van der Waals surface area contributed by atoms with Gasteiger partial charge in [0.25, 0.3) is 0 Å². The molecule has 2 rings (SSSR count). The van der Waals surface area contributed by atoms with Crippen LogP contribution < -0.4 is 10.1 Å². The number of hydrogen-bond donors (Lipinski definition) is 1. The Labute approximate surface area is 127 Å². The SMILES string of the molecule is O=C(CCc1ccc(OC(F)(F)F)cc1)N1CCCNCC1. The first kappa shape index (κ1) is 16.6. The van der Waals surface area contributed by atoms with Gasteiger partial charge in [0.2, 0.25) is 5.91 Å². The van der Waals surface area contributed by atoms with Gasteiger partial charge in [0, 0.05) is 26.1 Å². The van der Waals surface area contributed by atoms with Gasteiger partial charge in [0.05, 0.1) is 0 Å². The van der Waals surface area contributed by atoms with E-state index in [1.54, 1.807) is 12.1 Å². The first-order valence-electron chi connectivity index (χ1n) is 7.27. The summed E-state index contributed by atoms with van der Waals surface area (Å²) in [5.74, 6) is -0.166. The number of benzene rings is 1. The highest BCUT2D eigenvalue weighted by Gasteiger charge is 2.30. The van der Waals surface area contributed by atoms with Crippen LogP contribution in [0, 0.1) is 0 Å². The number of alkyl halides is 3. The Morgan fingerprint density at radius 1 is 1.18 bits per heavy atom. The first-order chi connectivity index (χ1) is 10.4. The van der Waals surface area contributed by atoms with Crippen molar-refractivity contribution in [3.63, 3.8) is 0 Å². The van der Waals surface area contributed by atoms with Crippen LogP contribution in [0.5, 0.6) is 5.75 Å². The van der Waals surface area contributed by atoms with Crippen LogP contribution in [0.25, 0.3) is 0 Å². The Morgan fingerprint density at radius 3 is 2.59 bits per heavy atom. The fourth-order valence-corrected chi connectivity index (χ4v) is 2.36. The van der Waals surface area contributed by atoms with Crippen LogP contribution >= 0.6 is 0 Å². The fourth-order valence-electron chi connectivity index (χ4n) is 2.36. The molecule has 1 aromatic carbocycles. The molecule has 1 aliphatic rings. The van der Waals surface area contributed by atoms with Crippen molar-refractivity contribution in [1.82, 2.24) is 10.2 Å². The number of carbonyl (C=O) groups is 1. The highest BCUT2D eigenvalue weighted by atomic mass is 19.4. The van der Waals surface area contributed by atoms with E-state index in [2.05, 4.69) is 10.1 Å². The molecule has 0 aromatic heterocycles. The van der Waals surface area contributed by atoms with Crippen LogP contribution in [0.15, 0.2) is 24.3 Å². The van der Waals surface area contributed by atoms with E-state index in [1.165, 1.54) is 12.1 Å². The number of rotatable bonds is 4. The topological polar surface area (TPSA) is 41.6 Å². The Bertz CT molecular complexity index is 481. The number of nitrogens with one attached hydrogen (secondary N) is 1. The summed E-state index contributed by atoms with van der Waals surface area (Å²) in [4.78, 5) is 13.9. The van der Waals surface area contributed by atoms with Crippen LogP contribution in [-0.4, -0.2) is 43.3 Å². The highest BCUT2D eigenvalue weighted by Crippen LogP contribution is 2.23. The summed E-state index contributed by atoms with van der Waals surface area (Å²) < 4.78 is 40.0. The van der Waals surface area contributed by atoms with E-state index in [0.717, 1.165) is 31.6 Å². The lowest BCUT2D eigenvalue weighted by Gasteiger charge is -2.19.